The van der Waals surface area contributed by atoms with E-state index >= 15 is 0 Å². The number of aliphatic imine (C=N–C) groups is 1. The zero-order valence-electron chi connectivity index (χ0n) is 17.7. The molecular weight excluding hydrogens is 467 g/mol. The second-order valence-electron chi connectivity index (χ2n) is 7.50. The number of likely N-dealkylation sites (tertiary alicyclic amines) is 1. The third-order valence-corrected chi connectivity index (χ3v) is 4.50. The summed E-state index contributed by atoms with van der Waals surface area (Å²) in [4.78, 5) is 18.7. The van der Waals surface area contributed by atoms with Crippen LogP contribution >= 0.6 is 24.0 Å². The van der Waals surface area contributed by atoms with E-state index in [1.165, 1.54) is 11.1 Å². The Bertz CT molecular complexity index is 644. The summed E-state index contributed by atoms with van der Waals surface area (Å²) in [7, 11) is 0. The average Bonchev–Trinajstić information content (AvgIpc) is 3.05. The number of nitrogens with zero attached hydrogens (tertiary/aromatic N) is 2. The predicted octanol–water partition coefficient (Wildman–Crippen LogP) is 3.11. The van der Waals surface area contributed by atoms with E-state index in [9.17, 15) is 4.79 Å². The molecular formula is C21H35IN4O2. The van der Waals surface area contributed by atoms with Crippen molar-refractivity contribution in [2.45, 2.75) is 47.1 Å². The van der Waals surface area contributed by atoms with Crippen molar-refractivity contribution in [3.63, 3.8) is 0 Å². The van der Waals surface area contributed by atoms with Gasteiger partial charge < -0.3 is 20.3 Å². The van der Waals surface area contributed by atoms with Gasteiger partial charge >= 0.3 is 0 Å². The van der Waals surface area contributed by atoms with Crippen LogP contribution in [-0.4, -0.2) is 55.6 Å². The first kappa shape index (κ1) is 24.5. The predicted molar refractivity (Wildman–Crippen MR) is 126 cm³/mol. The number of benzene rings is 1. The van der Waals surface area contributed by atoms with E-state index < -0.39 is 0 Å². The Labute approximate surface area is 186 Å². The molecule has 28 heavy (non-hydrogen) atoms. The average molecular weight is 502 g/mol. The highest BCUT2D eigenvalue weighted by Crippen LogP contribution is 2.16. The summed E-state index contributed by atoms with van der Waals surface area (Å²) in [6.07, 6.45) is 0.946. The van der Waals surface area contributed by atoms with E-state index in [1.54, 1.807) is 0 Å². The fourth-order valence-corrected chi connectivity index (χ4v) is 3.29. The van der Waals surface area contributed by atoms with Crippen LogP contribution in [0.4, 0.5) is 0 Å². The quantitative estimate of drug-likeness (QED) is 0.260. The number of guanidine groups is 1. The van der Waals surface area contributed by atoms with Crippen molar-refractivity contribution in [1.82, 2.24) is 15.5 Å². The molecule has 1 amide bonds. The van der Waals surface area contributed by atoms with Crippen molar-refractivity contribution in [3.05, 3.63) is 29.3 Å². The molecule has 1 heterocycles. The number of aryl methyl sites for hydroxylation is 2. The zero-order valence-corrected chi connectivity index (χ0v) is 20.1. The van der Waals surface area contributed by atoms with Crippen LogP contribution in [0.15, 0.2) is 23.2 Å². The number of rotatable bonds is 7. The van der Waals surface area contributed by atoms with Crippen molar-refractivity contribution in [1.29, 1.82) is 0 Å². The Morgan fingerprint density at radius 1 is 1.29 bits per heavy atom. The topological polar surface area (TPSA) is 66.0 Å². The number of halogens is 1. The molecule has 7 heteroatoms. The summed E-state index contributed by atoms with van der Waals surface area (Å²) in [5.41, 5.74) is 2.40. The lowest BCUT2D eigenvalue weighted by Gasteiger charge is -2.20. The summed E-state index contributed by atoms with van der Waals surface area (Å²) in [6.45, 7) is 13.5. The van der Waals surface area contributed by atoms with Gasteiger partial charge in [0.25, 0.3) is 0 Å². The summed E-state index contributed by atoms with van der Waals surface area (Å²) in [6, 6.07) is 6.45. The molecule has 0 aliphatic carbocycles. The van der Waals surface area contributed by atoms with E-state index in [0.717, 1.165) is 37.8 Å². The van der Waals surface area contributed by atoms with Gasteiger partial charge in [0.05, 0.1) is 6.54 Å². The molecule has 1 aromatic carbocycles. The Kier molecular flexibility index (Phi) is 10.6. The molecule has 0 saturated carbocycles. The third-order valence-electron chi connectivity index (χ3n) is 4.50. The van der Waals surface area contributed by atoms with Crippen molar-refractivity contribution in [2.75, 3.05) is 32.8 Å². The highest BCUT2D eigenvalue weighted by atomic mass is 127. The molecule has 6 nitrogen and oxygen atoms in total. The smallest absolute Gasteiger partial charge is 0.225 e. The minimum atomic E-state index is 0. The minimum absolute atomic E-state index is 0. The fraction of sp³-hybridized carbons (Fsp3) is 0.619. The van der Waals surface area contributed by atoms with Crippen LogP contribution in [0.2, 0.25) is 0 Å². The first-order chi connectivity index (χ1) is 12.9. The Morgan fingerprint density at radius 2 is 1.96 bits per heavy atom. The Balaban J connectivity index is 0.00000392. The molecule has 1 atom stereocenters. The second-order valence-corrected chi connectivity index (χ2v) is 7.50. The number of ether oxygens (including phenoxy) is 1. The molecule has 2 N–H and O–H groups in total. The van der Waals surface area contributed by atoms with Crippen LogP contribution in [-0.2, 0) is 4.79 Å². The van der Waals surface area contributed by atoms with Crippen molar-refractivity contribution >= 4 is 35.8 Å². The van der Waals surface area contributed by atoms with Gasteiger partial charge in [-0.1, -0.05) is 19.9 Å². The molecule has 1 aliphatic rings. The molecule has 1 fully saturated rings. The first-order valence-corrected chi connectivity index (χ1v) is 9.93. The molecule has 1 unspecified atom stereocenters. The summed E-state index contributed by atoms with van der Waals surface area (Å²) in [5.74, 6) is 1.95. The van der Waals surface area contributed by atoms with Crippen LogP contribution in [0, 0.1) is 19.8 Å². The molecule has 2 rings (SSSR count). The molecule has 0 spiro atoms. The number of nitrogens with one attached hydrogen (secondary N) is 2. The van der Waals surface area contributed by atoms with E-state index in [2.05, 4.69) is 35.5 Å². The Hall–Kier alpha value is -1.51. The summed E-state index contributed by atoms with van der Waals surface area (Å²) in [5, 5.41) is 6.72. The van der Waals surface area contributed by atoms with Gasteiger partial charge in [-0.3, -0.25) is 4.79 Å². The lowest BCUT2D eigenvalue weighted by Crippen LogP contribution is -2.45. The first-order valence-electron chi connectivity index (χ1n) is 9.93. The molecule has 1 aromatic rings. The maximum absolute atomic E-state index is 12.1. The van der Waals surface area contributed by atoms with Gasteiger partial charge in [-0.25, -0.2) is 4.99 Å². The van der Waals surface area contributed by atoms with Gasteiger partial charge in [-0.2, -0.15) is 0 Å². The van der Waals surface area contributed by atoms with Crippen LogP contribution in [0.1, 0.15) is 38.3 Å². The van der Waals surface area contributed by atoms with Crippen LogP contribution in [0.25, 0.3) is 0 Å². The monoisotopic (exact) mass is 502 g/mol. The molecule has 1 saturated heterocycles. The lowest BCUT2D eigenvalue weighted by molar-refractivity contribution is -0.133. The van der Waals surface area contributed by atoms with Crippen LogP contribution in [0.5, 0.6) is 5.75 Å². The normalized spacial score (nSPS) is 16.7. The largest absolute Gasteiger partial charge is 0.492 e. The number of carbonyl (C=O) groups excluding carboxylic acids is 1. The molecule has 0 radical (unpaired) electrons. The van der Waals surface area contributed by atoms with Gasteiger partial charge in [-0.15, -0.1) is 24.0 Å². The van der Waals surface area contributed by atoms with Gasteiger partial charge in [0, 0.05) is 31.6 Å². The minimum Gasteiger partial charge on any atom is -0.492 e. The SMILES string of the molecule is CCNC(=NCCOc1cc(C)cc(C)c1)NC1CCN(C(=O)C(C)C)C1.I. The van der Waals surface area contributed by atoms with Crippen LogP contribution < -0.4 is 15.4 Å². The molecule has 0 aromatic heterocycles. The van der Waals surface area contributed by atoms with Crippen molar-refractivity contribution in [2.24, 2.45) is 10.9 Å². The highest BCUT2D eigenvalue weighted by molar-refractivity contribution is 14.0. The summed E-state index contributed by atoms with van der Waals surface area (Å²) < 4.78 is 5.83. The highest BCUT2D eigenvalue weighted by Gasteiger charge is 2.27. The maximum atomic E-state index is 12.1. The van der Waals surface area contributed by atoms with Crippen LogP contribution in [0.3, 0.4) is 0 Å². The van der Waals surface area contributed by atoms with Gasteiger partial charge in [0.1, 0.15) is 12.4 Å². The molecule has 1 aliphatic heterocycles. The fourth-order valence-electron chi connectivity index (χ4n) is 3.29. The Morgan fingerprint density at radius 3 is 2.57 bits per heavy atom. The second kappa shape index (κ2) is 12.1. The third kappa shape index (κ3) is 7.85. The number of hydrogen-bond donors (Lipinski definition) is 2. The van der Waals surface area contributed by atoms with Gasteiger partial charge in [-0.05, 0) is 50.5 Å². The molecule has 158 valence electrons. The van der Waals surface area contributed by atoms with Crippen molar-refractivity contribution in [3.8, 4) is 5.75 Å². The summed E-state index contributed by atoms with van der Waals surface area (Å²) >= 11 is 0. The van der Waals surface area contributed by atoms with E-state index in [-0.39, 0.29) is 41.8 Å². The molecule has 0 bridgehead atoms. The van der Waals surface area contributed by atoms with E-state index in [1.807, 2.05) is 37.8 Å². The maximum Gasteiger partial charge on any atom is 0.225 e. The van der Waals surface area contributed by atoms with Gasteiger partial charge in [0.2, 0.25) is 5.91 Å². The lowest BCUT2D eigenvalue weighted by atomic mass is 10.1. The number of amides is 1. The van der Waals surface area contributed by atoms with Crippen molar-refractivity contribution < 1.29 is 9.53 Å². The standard InChI is InChI=1S/C21H34N4O2.HI/c1-6-22-21(24-18-7-9-25(14-18)20(26)15(2)3)23-8-10-27-19-12-16(4)11-17(5)13-19;/h11-13,15,18H,6-10,14H2,1-5H3,(H2,22,23,24);1H. The van der Waals surface area contributed by atoms with Gasteiger partial charge in [0.15, 0.2) is 5.96 Å². The van der Waals surface area contributed by atoms with E-state index in [4.69, 9.17) is 4.74 Å². The zero-order chi connectivity index (χ0) is 19.8. The number of carbonyl (C=O) groups is 1. The van der Waals surface area contributed by atoms with E-state index in [0.29, 0.717) is 13.2 Å². The number of hydrogen-bond acceptors (Lipinski definition) is 3.